The predicted molar refractivity (Wildman–Crippen MR) is 72.6 cm³/mol. The Hall–Kier alpha value is -0.473. The SMILES string of the molecule is CCO[Si](CCCC(=O)OC1CN1)(OCC)OCC. The van der Waals surface area contributed by atoms with Crippen molar-refractivity contribution in [1.82, 2.24) is 5.32 Å². The third-order valence-corrected chi connectivity index (χ3v) is 5.75. The first kappa shape index (κ1) is 16.6. The van der Waals surface area contributed by atoms with Gasteiger partial charge in [-0.1, -0.05) is 0 Å². The van der Waals surface area contributed by atoms with Crippen LogP contribution >= 0.6 is 0 Å². The fraction of sp³-hybridized carbons (Fsp3) is 0.917. The summed E-state index contributed by atoms with van der Waals surface area (Å²) in [7, 11) is -2.61. The van der Waals surface area contributed by atoms with Gasteiger partial charge in [0, 0.05) is 38.8 Å². The Kier molecular flexibility index (Phi) is 7.55. The molecule has 0 bridgehead atoms. The van der Waals surface area contributed by atoms with Crippen molar-refractivity contribution in [2.75, 3.05) is 26.4 Å². The lowest BCUT2D eigenvalue weighted by Crippen LogP contribution is -2.46. The Morgan fingerprint density at radius 3 is 2.11 bits per heavy atom. The molecular weight excluding hydrogens is 266 g/mol. The molecule has 1 rings (SSSR count). The number of hydrogen-bond donors (Lipinski definition) is 1. The molecule has 0 spiro atoms. The molecule has 1 saturated heterocycles. The lowest BCUT2D eigenvalue weighted by atomic mass is 10.3. The lowest BCUT2D eigenvalue weighted by Gasteiger charge is -2.28. The van der Waals surface area contributed by atoms with Crippen molar-refractivity contribution in [1.29, 1.82) is 0 Å². The van der Waals surface area contributed by atoms with Gasteiger partial charge in [0.25, 0.3) is 0 Å². The van der Waals surface area contributed by atoms with Crippen LogP contribution in [0.4, 0.5) is 0 Å². The predicted octanol–water partition coefficient (Wildman–Crippen LogP) is 1.29. The normalized spacial score (nSPS) is 18.4. The highest BCUT2D eigenvalue weighted by atomic mass is 28.4. The number of ether oxygens (including phenoxy) is 1. The Morgan fingerprint density at radius 2 is 1.68 bits per heavy atom. The minimum atomic E-state index is -2.61. The quantitative estimate of drug-likeness (QED) is 0.351. The van der Waals surface area contributed by atoms with E-state index < -0.39 is 8.80 Å². The largest absolute Gasteiger partial charge is 0.500 e. The van der Waals surface area contributed by atoms with Crippen molar-refractivity contribution in [3.8, 4) is 0 Å². The van der Waals surface area contributed by atoms with Crippen molar-refractivity contribution in [2.24, 2.45) is 0 Å². The third kappa shape index (κ3) is 6.48. The van der Waals surface area contributed by atoms with Crippen molar-refractivity contribution >= 4 is 14.8 Å². The molecular formula is C12H25NO5Si. The highest BCUT2D eigenvalue weighted by molar-refractivity contribution is 6.60. The number of nitrogens with one attached hydrogen (secondary N) is 1. The second kappa shape index (κ2) is 8.65. The maximum absolute atomic E-state index is 11.5. The summed E-state index contributed by atoms with van der Waals surface area (Å²) in [5.41, 5.74) is 0. The minimum absolute atomic E-state index is 0.0693. The second-order valence-electron chi connectivity index (χ2n) is 4.22. The average Bonchev–Trinajstić information content (AvgIpc) is 3.14. The number of hydrogen-bond acceptors (Lipinski definition) is 6. The van der Waals surface area contributed by atoms with Gasteiger partial charge in [0.1, 0.15) is 0 Å². The van der Waals surface area contributed by atoms with Gasteiger partial charge in [0.15, 0.2) is 6.23 Å². The van der Waals surface area contributed by atoms with Gasteiger partial charge in [-0.25, -0.2) is 0 Å². The number of carbonyl (C=O) groups excluding carboxylic acids is 1. The van der Waals surface area contributed by atoms with Crippen LogP contribution in [0.2, 0.25) is 6.04 Å². The van der Waals surface area contributed by atoms with E-state index >= 15 is 0 Å². The van der Waals surface area contributed by atoms with Crippen molar-refractivity contribution < 1.29 is 22.8 Å². The van der Waals surface area contributed by atoms with E-state index in [0.29, 0.717) is 38.7 Å². The van der Waals surface area contributed by atoms with Gasteiger partial charge in [-0.05, 0) is 27.2 Å². The first-order valence-electron chi connectivity index (χ1n) is 7.00. The van der Waals surface area contributed by atoms with Gasteiger partial charge in [0.05, 0.1) is 0 Å². The van der Waals surface area contributed by atoms with E-state index in [4.69, 9.17) is 18.0 Å². The van der Waals surface area contributed by atoms with Gasteiger partial charge >= 0.3 is 14.8 Å². The van der Waals surface area contributed by atoms with Crippen LogP contribution in [-0.2, 0) is 22.8 Å². The standard InChI is InChI=1S/C12H25NO5Si/c1-4-15-19(16-5-2,17-6-3)9-7-8-12(14)18-11-10-13-11/h11,13H,4-10H2,1-3H3. The van der Waals surface area contributed by atoms with Gasteiger partial charge in [-0.15, -0.1) is 0 Å². The summed E-state index contributed by atoms with van der Waals surface area (Å²) in [5.74, 6) is -0.178. The zero-order chi connectivity index (χ0) is 14.1. The van der Waals surface area contributed by atoms with E-state index in [-0.39, 0.29) is 12.2 Å². The molecule has 1 aliphatic rings. The van der Waals surface area contributed by atoms with Crippen LogP contribution in [0.15, 0.2) is 0 Å². The molecule has 0 radical (unpaired) electrons. The molecule has 1 heterocycles. The molecule has 0 aromatic heterocycles. The molecule has 0 aromatic rings. The van der Waals surface area contributed by atoms with Crippen LogP contribution in [0, 0.1) is 0 Å². The van der Waals surface area contributed by atoms with Gasteiger partial charge in [-0.2, -0.15) is 0 Å². The maximum atomic E-state index is 11.5. The van der Waals surface area contributed by atoms with Crippen LogP contribution in [0.3, 0.4) is 0 Å². The lowest BCUT2D eigenvalue weighted by molar-refractivity contribution is -0.145. The van der Waals surface area contributed by atoms with E-state index in [2.05, 4.69) is 5.32 Å². The summed E-state index contributed by atoms with van der Waals surface area (Å²) >= 11 is 0. The Bertz CT molecular complexity index is 256. The van der Waals surface area contributed by atoms with E-state index in [1.54, 1.807) is 0 Å². The summed E-state index contributed by atoms with van der Waals surface area (Å²) < 4.78 is 22.2. The minimum Gasteiger partial charge on any atom is -0.445 e. The van der Waals surface area contributed by atoms with E-state index in [0.717, 1.165) is 6.54 Å². The van der Waals surface area contributed by atoms with Crippen LogP contribution in [0.5, 0.6) is 0 Å². The van der Waals surface area contributed by atoms with E-state index in [9.17, 15) is 4.79 Å². The zero-order valence-electron chi connectivity index (χ0n) is 12.1. The summed E-state index contributed by atoms with van der Waals surface area (Å²) in [6, 6.07) is 0.649. The molecule has 112 valence electrons. The van der Waals surface area contributed by atoms with E-state index in [1.165, 1.54) is 0 Å². The first-order chi connectivity index (χ1) is 9.15. The highest BCUT2D eigenvalue weighted by Gasteiger charge is 2.40. The van der Waals surface area contributed by atoms with Crippen LogP contribution in [0.1, 0.15) is 33.6 Å². The van der Waals surface area contributed by atoms with Gasteiger partial charge < -0.3 is 18.0 Å². The smallest absolute Gasteiger partial charge is 0.445 e. The molecule has 6 nitrogen and oxygen atoms in total. The zero-order valence-corrected chi connectivity index (χ0v) is 13.1. The first-order valence-corrected chi connectivity index (χ1v) is 8.93. The molecule has 0 aliphatic carbocycles. The number of esters is 1. The Morgan fingerprint density at radius 1 is 1.16 bits per heavy atom. The molecule has 0 amide bonds. The molecule has 1 N–H and O–H groups in total. The fourth-order valence-corrected chi connectivity index (χ4v) is 4.41. The van der Waals surface area contributed by atoms with Gasteiger partial charge in [-0.3, -0.25) is 10.1 Å². The summed E-state index contributed by atoms with van der Waals surface area (Å²) in [6.45, 7) is 8.21. The van der Waals surface area contributed by atoms with Crippen molar-refractivity contribution in [2.45, 2.75) is 45.9 Å². The maximum Gasteiger partial charge on any atom is 0.500 e. The van der Waals surface area contributed by atoms with E-state index in [1.807, 2.05) is 20.8 Å². The van der Waals surface area contributed by atoms with Crippen molar-refractivity contribution in [3.05, 3.63) is 0 Å². The monoisotopic (exact) mass is 291 g/mol. The second-order valence-corrected chi connectivity index (χ2v) is 6.95. The van der Waals surface area contributed by atoms with Crippen LogP contribution in [-0.4, -0.2) is 47.4 Å². The Balaban J connectivity index is 2.34. The number of rotatable bonds is 11. The molecule has 0 saturated carbocycles. The number of carbonyl (C=O) groups is 1. The average molecular weight is 291 g/mol. The molecule has 19 heavy (non-hydrogen) atoms. The molecule has 0 aromatic carbocycles. The summed E-state index contributed by atoms with van der Waals surface area (Å²) in [5, 5.41) is 2.92. The molecule has 1 unspecified atom stereocenters. The van der Waals surface area contributed by atoms with Crippen molar-refractivity contribution in [3.63, 3.8) is 0 Å². The Labute approximate surface area is 116 Å². The van der Waals surface area contributed by atoms with Crippen LogP contribution in [0.25, 0.3) is 0 Å². The molecule has 1 fully saturated rings. The summed E-state index contributed by atoms with van der Waals surface area (Å²) in [4.78, 5) is 11.5. The third-order valence-electron chi connectivity index (χ3n) is 2.60. The summed E-state index contributed by atoms with van der Waals surface area (Å²) in [6.07, 6.45) is 0.970. The molecule has 1 atom stereocenters. The fourth-order valence-electron chi connectivity index (χ4n) is 1.80. The molecule has 7 heteroatoms. The topological polar surface area (TPSA) is 75.9 Å². The highest BCUT2D eigenvalue weighted by Crippen LogP contribution is 2.19. The molecule has 1 aliphatic heterocycles. The van der Waals surface area contributed by atoms with Gasteiger partial charge in [0.2, 0.25) is 0 Å². The van der Waals surface area contributed by atoms with Crippen LogP contribution < -0.4 is 5.32 Å².